The Balaban J connectivity index is 2.43. The van der Waals surface area contributed by atoms with Crippen LogP contribution in [0.15, 0.2) is 6.20 Å². The molecule has 11 heteroatoms. The second-order valence-corrected chi connectivity index (χ2v) is 7.51. The van der Waals surface area contributed by atoms with E-state index in [0.717, 1.165) is 0 Å². The molecule has 0 spiro atoms. The summed E-state index contributed by atoms with van der Waals surface area (Å²) in [5.74, 6) is -2.32. The predicted molar refractivity (Wildman–Crippen MR) is 90.8 cm³/mol. The number of hydrogen-bond donors (Lipinski definition) is 6. The second-order valence-electron chi connectivity index (χ2n) is 6.27. The molecule has 1 aliphatic rings. The lowest BCUT2D eigenvalue weighted by Crippen LogP contribution is -2.29. The van der Waals surface area contributed by atoms with E-state index in [0.29, 0.717) is 11.3 Å². The highest BCUT2D eigenvalue weighted by Crippen LogP contribution is 2.43. The molecule has 0 bridgehead atoms. The van der Waals surface area contributed by atoms with E-state index in [1.807, 2.05) is 0 Å². The predicted octanol–water partition coefficient (Wildman–Crippen LogP) is 1.10. The van der Waals surface area contributed by atoms with Crippen molar-refractivity contribution in [2.75, 3.05) is 7.05 Å². The fraction of sp³-hybridized carbons (Fsp3) is 0.533. The van der Waals surface area contributed by atoms with Gasteiger partial charge in [0, 0.05) is 35.0 Å². The maximum atomic E-state index is 11.3. The zero-order valence-electron chi connectivity index (χ0n) is 14.3. The van der Waals surface area contributed by atoms with Crippen LogP contribution in [-0.2, 0) is 20.5 Å². The summed E-state index contributed by atoms with van der Waals surface area (Å²) in [4.78, 5) is 33.1. The van der Waals surface area contributed by atoms with E-state index in [9.17, 15) is 19.6 Å². The van der Waals surface area contributed by atoms with Crippen LogP contribution >= 0.6 is 7.82 Å². The van der Waals surface area contributed by atoms with Crippen LogP contribution in [0.1, 0.15) is 35.7 Å². The third-order valence-corrected chi connectivity index (χ3v) is 5.04. The number of aryl methyl sites for hydroxylation is 1. The van der Waals surface area contributed by atoms with Crippen molar-refractivity contribution in [2.45, 2.75) is 32.4 Å². The Morgan fingerprint density at radius 3 is 2.69 bits per heavy atom. The number of carbonyl (C=O) groups is 1. The molecule has 0 aliphatic heterocycles. The normalized spacial score (nSPS) is 21.8. The van der Waals surface area contributed by atoms with Gasteiger partial charge in [0.1, 0.15) is 5.75 Å². The standard InChI is InChI=1S/C15H22N3O7P/c1-7-14(19)12(9(5-18-7)6-25-26(22,23)24)13(17-2)10-3-8(15(20)21)4-11(10)16/h5,8,10,13,16-17,19H,3-4,6H2,1-2H3,(H,20,21)(H2,22,23,24)/t8-,10?,13?/m0/s1. The lowest BCUT2D eigenvalue weighted by Gasteiger charge is -2.27. The summed E-state index contributed by atoms with van der Waals surface area (Å²) in [6, 6.07) is -0.621. The number of nitrogens with one attached hydrogen (secondary N) is 2. The van der Waals surface area contributed by atoms with Crippen molar-refractivity contribution in [3.05, 3.63) is 23.0 Å². The van der Waals surface area contributed by atoms with Crippen molar-refractivity contribution in [1.82, 2.24) is 10.3 Å². The maximum Gasteiger partial charge on any atom is 0.469 e. The summed E-state index contributed by atoms with van der Waals surface area (Å²) >= 11 is 0. The summed E-state index contributed by atoms with van der Waals surface area (Å²) in [6.45, 7) is 1.08. The number of pyridine rings is 1. The summed E-state index contributed by atoms with van der Waals surface area (Å²) < 4.78 is 15.5. The zero-order valence-corrected chi connectivity index (χ0v) is 15.2. The Morgan fingerprint density at radius 1 is 1.54 bits per heavy atom. The smallest absolute Gasteiger partial charge is 0.469 e. The first-order valence-electron chi connectivity index (χ1n) is 7.90. The monoisotopic (exact) mass is 387 g/mol. The van der Waals surface area contributed by atoms with Crippen molar-refractivity contribution >= 4 is 19.5 Å². The first-order valence-corrected chi connectivity index (χ1v) is 9.43. The number of aliphatic carboxylic acids is 1. The Hall–Kier alpha value is -1.84. The van der Waals surface area contributed by atoms with Crippen molar-refractivity contribution in [3.63, 3.8) is 0 Å². The van der Waals surface area contributed by atoms with Crippen LogP contribution in [0.2, 0.25) is 0 Å². The average Bonchev–Trinajstić information content (AvgIpc) is 2.92. The number of rotatable bonds is 7. The van der Waals surface area contributed by atoms with Gasteiger partial charge in [0.2, 0.25) is 0 Å². The Kier molecular flexibility index (Phi) is 6.15. The van der Waals surface area contributed by atoms with E-state index in [1.165, 1.54) is 6.20 Å². The Morgan fingerprint density at radius 2 is 2.19 bits per heavy atom. The van der Waals surface area contributed by atoms with Crippen LogP contribution in [0.25, 0.3) is 0 Å². The van der Waals surface area contributed by atoms with E-state index in [2.05, 4.69) is 14.8 Å². The number of aromatic nitrogens is 1. The SMILES string of the molecule is CNC(c1c(COP(=O)(O)O)cnc(C)c1O)C1C[C@H](C(=O)O)CC1=N. The van der Waals surface area contributed by atoms with Gasteiger partial charge in [-0.2, -0.15) is 0 Å². The van der Waals surface area contributed by atoms with Gasteiger partial charge in [-0.05, 0) is 26.8 Å². The van der Waals surface area contributed by atoms with E-state index >= 15 is 0 Å². The average molecular weight is 387 g/mol. The molecule has 1 aliphatic carbocycles. The molecule has 2 rings (SSSR count). The van der Waals surface area contributed by atoms with E-state index < -0.39 is 38.3 Å². The quantitative estimate of drug-likeness (QED) is 0.374. The molecule has 1 fully saturated rings. The first-order chi connectivity index (χ1) is 12.0. The van der Waals surface area contributed by atoms with Crippen LogP contribution in [0.5, 0.6) is 5.75 Å². The maximum absolute atomic E-state index is 11.3. The molecule has 6 N–H and O–H groups in total. The van der Waals surface area contributed by atoms with Crippen LogP contribution < -0.4 is 5.32 Å². The highest BCUT2D eigenvalue weighted by molar-refractivity contribution is 7.46. The van der Waals surface area contributed by atoms with Crippen LogP contribution in [-0.4, -0.2) is 43.7 Å². The molecule has 0 amide bonds. The van der Waals surface area contributed by atoms with Crippen molar-refractivity contribution < 1.29 is 33.9 Å². The number of phosphoric ester groups is 1. The van der Waals surface area contributed by atoms with Crippen LogP contribution in [0.4, 0.5) is 0 Å². The summed E-state index contributed by atoms with van der Waals surface area (Å²) in [6.07, 6.45) is 1.69. The van der Waals surface area contributed by atoms with Gasteiger partial charge in [0.05, 0.1) is 18.2 Å². The van der Waals surface area contributed by atoms with E-state index in [4.69, 9.17) is 15.2 Å². The molecule has 0 saturated heterocycles. The summed E-state index contributed by atoms with van der Waals surface area (Å²) in [5, 5.41) is 30.8. The van der Waals surface area contributed by atoms with E-state index in [1.54, 1.807) is 14.0 Å². The van der Waals surface area contributed by atoms with Gasteiger partial charge in [0.15, 0.2) is 0 Å². The van der Waals surface area contributed by atoms with Gasteiger partial charge in [-0.15, -0.1) is 0 Å². The largest absolute Gasteiger partial charge is 0.506 e. The highest BCUT2D eigenvalue weighted by atomic mass is 31.2. The number of carboxylic acid groups (broad SMARTS) is 1. The molecular weight excluding hydrogens is 365 g/mol. The Labute approximate surface area is 150 Å². The lowest BCUT2D eigenvalue weighted by atomic mass is 9.87. The molecule has 3 atom stereocenters. The molecular formula is C15H22N3O7P. The minimum absolute atomic E-state index is 0.122. The lowest BCUT2D eigenvalue weighted by molar-refractivity contribution is -0.141. The molecule has 1 saturated carbocycles. The minimum atomic E-state index is -4.73. The molecule has 1 aromatic heterocycles. The van der Waals surface area contributed by atoms with Gasteiger partial charge in [-0.1, -0.05) is 0 Å². The summed E-state index contributed by atoms with van der Waals surface area (Å²) in [5.41, 5.74) is 1.10. The van der Waals surface area contributed by atoms with Gasteiger partial charge < -0.3 is 30.7 Å². The van der Waals surface area contributed by atoms with Gasteiger partial charge in [0.25, 0.3) is 0 Å². The zero-order chi connectivity index (χ0) is 19.6. The fourth-order valence-corrected chi connectivity index (χ4v) is 3.60. The van der Waals surface area contributed by atoms with Crippen LogP contribution in [0, 0.1) is 24.2 Å². The van der Waals surface area contributed by atoms with Crippen LogP contribution in [0.3, 0.4) is 0 Å². The number of hydrogen-bond acceptors (Lipinski definition) is 7. The third-order valence-electron chi connectivity index (χ3n) is 4.57. The molecule has 0 aromatic carbocycles. The number of carboxylic acids is 1. The van der Waals surface area contributed by atoms with Gasteiger partial charge in [-0.3, -0.25) is 14.3 Å². The van der Waals surface area contributed by atoms with Gasteiger partial charge >= 0.3 is 13.8 Å². The number of nitrogens with zero attached hydrogens (tertiary/aromatic N) is 1. The summed E-state index contributed by atoms with van der Waals surface area (Å²) in [7, 11) is -3.12. The molecule has 0 radical (unpaired) electrons. The molecule has 10 nitrogen and oxygen atoms in total. The number of aromatic hydroxyl groups is 1. The molecule has 1 aromatic rings. The van der Waals surface area contributed by atoms with Gasteiger partial charge in [-0.25, -0.2) is 4.57 Å². The number of phosphoric acid groups is 1. The molecule has 1 heterocycles. The highest BCUT2D eigenvalue weighted by Gasteiger charge is 2.40. The topological polar surface area (TPSA) is 173 Å². The third kappa shape index (κ3) is 4.46. The van der Waals surface area contributed by atoms with Crippen molar-refractivity contribution in [3.8, 4) is 5.75 Å². The van der Waals surface area contributed by atoms with Crippen molar-refractivity contribution in [1.29, 1.82) is 5.41 Å². The van der Waals surface area contributed by atoms with Crippen molar-refractivity contribution in [2.24, 2.45) is 11.8 Å². The molecule has 144 valence electrons. The molecule has 26 heavy (non-hydrogen) atoms. The van der Waals surface area contributed by atoms with E-state index in [-0.39, 0.29) is 29.9 Å². The first kappa shape index (κ1) is 20.5. The molecule has 2 unspecified atom stereocenters. The second kappa shape index (κ2) is 7.81. The minimum Gasteiger partial charge on any atom is -0.506 e. The Bertz CT molecular complexity index is 764. The fourth-order valence-electron chi connectivity index (χ4n) is 3.29.